The monoisotopic (exact) mass is 383 g/mol. The van der Waals surface area contributed by atoms with Crippen molar-refractivity contribution in [2.45, 2.75) is 12.1 Å². The van der Waals surface area contributed by atoms with Gasteiger partial charge < -0.3 is 15.0 Å². The van der Waals surface area contributed by atoms with Gasteiger partial charge in [-0.3, -0.25) is 0 Å². The molecule has 0 aliphatic rings. The van der Waals surface area contributed by atoms with Crippen LogP contribution in [0, 0.1) is 0 Å². The molecule has 0 aliphatic heterocycles. The first kappa shape index (κ1) is 19.1. The van der Waals surface area contributed by atoms with Gasteiger partial charge in [-0.05, 0) is 16.7 Å². The number of aliphatic hydroxyl groups excluding tert-OH is 1. The van der Waals surface area contributed by atoms with Crippen LogP contribution in [0.1, 0.15) is 22.4 Å². The molecule has 2 N–H and O–H groups in total. The maximum Gasteiger partial charge on any atom is 0.121 e. The van der Waals surface area contributed by atoms with Crippen LogP contribution in [0.3, 0.4) is 0 Å². The highest BCUT2D eigenvalue weighted by Gasteiger charge is 2.39. The predicted octanol–water partition coefficient (Wildman–Crippen LogP) is 3.81. The van der Waals surface area contributed by atoms with E-state index in [2.05, 4.69) is 87.7 Å². The lowest BCUT2D eigenvalue weighted by atomic mass is 9.76. The van der Waals surface area contributed by atoms with E-state index in [9.17, 15) is 5.11 Å². The third kappa shape index (κ3) is 3.60. The second kappa shape index (κ2) is 8.86. The molecule has 4 aromatic rings. The van der Waals surface area contributed by atoms with Gasteiger partial charge in [0.1, 0.15) is 5.54 Å². The van der Waals surface area contributed by atoms with E-state index in [1.54, 1.807) is 0 Å². The average molecular weight is 383 g/mol. The van der Waals surface area contributed by atoms with Crippen molar-refractivity contribution in [3.05, 3.63) is 126 Å². The zero-order valence-electron chi connectivity index (χ0n) is 16.3. The molecular weight excluding hydrogens is 358 g/mol. The molecule has 0 radical (unpaired) electrons. The number of aromatic nitrogens is 2. The van der Waals surface area contributed by atoms with E-state index in [4.69, 9.17) is 0 Å². The van der Waals surface area contributed by atoms with Crippen LogP contribution in [0.2, 0.25) is 0 Å². The fourth-order valence-corrected chi connectivity index (χ4v) is 4.01. The largest absolute Gasteiger partial charge is 0.395 e. The highest BCUT2D eigenvalue weighted by molar-refractivity contribution is 5.51. The van der Waals surface area contributed by atoms with Crippen molar-refractivity contribution in [3.63, 3.8) is 0 Å². The Balaban J connectivity index is 2.01. The molecule has 0 saturated carbocycles. The van der Waals surface area contributed by atoms with Gasteiger partial charge in [0.05, 0.1) is 18.6 Å². The van der Waals surface area contributed by atoms with E-state index in [0.29, 0.717) is 13.1 Å². The molecule has 0 fully saturated rings. The third-order valence-corrected chi connectivity index (χ3v) is 5.25. The van der Waals surface area contributed by atoms with Crippen LogP contribution in [0.25, 0.3) is 0 Å². The summed E-state index contributed by atoms with van der Waals surface area (Å²) in [6.07, 6.45) is 3.80. The minimum atomic E-state index is -0.559. The molecule has 0 atom stereocenters. The van der Waals surface area contributed by atoms with Crippen LogP contribution in [0.15, 0.2) is 104 Å². The fourth-order valence-electron chi connectivity index (χ4n) is 4.01. The maximum atomic E-state index is 9.17. The Hall–Kier alpha value is -3.21. The molecule has 1 aromatic heterocycles. The molecular formula is C25H25N3O. The summed E-state index contributed by atoms with van der Waals surface area (Å²) in [5.41, 5.74) is 3.99. The van der Waals surface area contributed by atoms with Gasteiger partial charge in [0.25, 0.3) is 0 Å². The Labute approximate surface area is 171 Å². The number of nitrogens with zero attached hydrogens (tertiary/aromatic N) is 2. The van der Waals surface area contributed by atoms with Crippen LogP contribution in [0.5, 0.6) is 0 Å². The Bertz CT molecular complexity index is 917. The van der Waals surface area contributed by atoms with Gasteiger partial charge in [0, 0.05) is 19.3 Å². The van der Waals surface area contributed by atoms with Crippen molar-refractivity contribution in [3.8, 4) is 0 Å². The molecule has 0 bridgehead atoms. The SMILES string of the molecule is OCCNCc1cncn1C(c1ccccc1)(c1ccccc1)c1ccccc1. The second-order valence-electron chi connectivity index (χ2n) is 6.96. The lowest BCUT2D eigenvalue weighted by Crippen LogP contribution is -2.39. The number of aliphatic hydroxyl groups is 1. The van der Waals surface area contributed by atoms with Crippen LogP contribution < -0.4 is 5.32 Å². The molecule has 0 aliphatic carbocycles. The first-order valence-corrected chi connectivity index (χ1v) is 9.87. The van der Waals surface area contributed by atoms with Gasteiger partial charge in [-0.2, -0.15) is 0 Å². The Morgan fingerprint density at radius 2 is 1.24 bits per heavy atom. The average Bonchev–Trinajstić information content (AvgIpc) is 3.26. The summed E-state index contributed by atoms with van der Waals surface area (Å²) in [4.78, 5) is 4.50. The number of benzene rings is 3. The van der Waals surface area contributed by atoms with Crippen molar-refractivity contribution in [1.29, 1.82) is 0 Å². The highest BCUT2D eigenvalue weighted by Crippen LogP contribution is 2.41. The van der Waals surface area contributed by atoms with Crippen molar-refractivity contribution >= 4 is 0 Å². The minimum Gasteiger partial charge on any atom is -0.395 e. The first-order chi connectivity index (χ1) is 14.4. The van der Waals surface area contributed by atoms with E-state index in [1.807, 2.05) is 30.7 Å². The third-order valence-electron chi connectivity index (χ3n) is 5.25. The summed E-state index contributed by atoms with van der Waals surface area (Å²) in [5.74, 6) is 0. The van der Waals surface area contributed by atoms with Gasteiger partial charge in [-0.15, -0.1) is 0 Å². The van der Waals surface area contributed by atoms with Crippen molar-refractivity contribution in [1.82, 2.24) is 14.9 Å². The van der Waals surface area contributed by atoms with Gasteiger partial charge in [-0.25, -0.2) is 4.98 Å². The molecule has 0 saturated heterocycles. The summed E-state index contributed by atoms with van der Waals surface area (Å²) >= 11 is 0. The zero-order chi connectivity index (χ0) is 19.9. The molecule has 4 nitrogen and oxygen atoms in total. The fraction of sp³-hybridized carbons (Fsp3) is 0.160. The summed E-state index contributed by atoms with van der Waals surface area (Å²) in [5, 5.41) is 12.5. The molecule has 0 amide bonds. The smallest absolute Gasteiger partial charge is 0.121 e. The van der Waals surface area contributed by atoms with E-state index in [0.717, 1.165) is 5.69 Å². The van der Waals surface area contributed by atoms with E-state index < -0.39 is 5.54 Å². The minimum absolute atomic E-state index is 0.106. The van der Waals surface area contributed by atoms with Gasteiger partial charge in [0.2, 0.25) is 0 Å². The van der Waals surface area contributed by atoms with E-state index in [1.165, 1.54) is 16.7 Å². The molecule has 29 heavy (non-hydrogen) atoms. The van der Waals surface area contributed by atoms with Crippen molar-refractivity contribution in [2.24, 2.45) is 0 Å². The number of nitrogens with one attached hydrogen (secondary N) is 1. The lowest BCUT2D eigenvalue weighted by Gasteiger charge is -2.38. The first-order valence-electron chi connectivity index (χ1n) is 9.87. The molecule has 3 aromatic carbocycles. The topological polar surface area (TPSA) is 50.1 Å². The molecule has 0 unspecified atom stereocenters. The maximum absolute atomic E-state index is 9.17. The quantitative estimate of drug-likeness (QED) is 0.359. The molecule has 146 valence electrons. The van der Waals surface area contributed by atoms with E-state index >= 15 is 0 Å². The Morgan fingerprint density at radius 3 is 1.69 bits per heavy atom. The summed E-state index contributed by atoms with van der Waals surface area (Å²) in [6, 6.07) is 31.6. The normalized spacial score (nSPS) is 11.5. The van der Waals surface area contributed by atoms with Crippen LogP contribution >= 0.6 is 0 Å². The predicted molar refractivity (Wildman–Crippen MR) is 116 cm³/mol. The zero-order valence-corrected chi connectivity index (χ0v) is 16.3. The second-order valence-corrected chi connectivity index (χ2v) is 6.96. The number of imidazole rings is 1. The lowest BCUT2D eigenvalue weighted by molar-refractivity contribution is 0.291. The van der Waals surface area contributed by atoms with Gasteiger partial charge >= 0.3 is 0 Å². The number of hydrogen-bond donors (Lipinski definition) is 2. The summed E-state index contributed by atoms with van der Waals surface area (Å²) in [6.45, 7) is 1.27. The summed E-state index contributed by atoms with van der Waals surface area (Å²) in [7, 11) is 0. The van der Waals surface area contributed by atoms with Crippen molar-refractivity contribution in [2.75, 3.05) is 13.2 Å². The Kier molecular flexibility index (Phi) is 5.84. The molecule has 4 heteroatoms. The number of rotatable bonds is 8. The van der Waals surface area contributed by atoms with Crippen LogP contribution in [-0.2, 0) is 12.1 Å². The molecule has 0 spiro atoms. The van der Waals surface area contributed by atoms with E-state index in [-0.39, 0.29) is 6.61 Å². The number of hydrogen-bond acceptors (Lipinski definition) is 3. The highest BCUT2D eigenvalue weighted by atomic mass is 16.3. The molecule has 4 rings (SSSR count). The van der Waals surface area contributed by atoms with Crippen molar-refractivity contribution < 1.29 is 5.11 Å². The van der Waals surface area contributed by atoms with Gasteiger partial charge in [-0.1, -0.05) is 91.0 Å². The van der Waals surface area contributed by atoms with Gasteiger partial charge in [0.15, 0.2) is 0 Å². The van der Waals surface area contributed by atoms with Crippen LogP contribution in [0.4, 0.5) is 0 Å². The summed E-state index contributed by atoms with van der Waals surface area (Å²) < 4.78 is 2.25. The van der Waals surface area contributed by atoms with Crippen LogP contribution in [-0.4, -0.2) is 27.8 Å². The molecule has 1 heterocycles. The standard InChI is InChI=1S/C25H25N3O/c29-17-16-26-18-24-19-27-20-28(24)25(21-10-4-1-5-11-21,22-12-6-2-7-13-22)23-14-8-3-9-15-23/h1-15,19-20,26,29H,16-18H2. The Morgan fingerprint density at radius 1 is 0.759 bits per heavy atom.